The fourth-order valence-corrected chi connectivity index (χ4v) is 3.45. The molecule has 0 radical (unpaired) electrons. The van der Waals surface area contributed by atoms with Crippen LogP contribution in [-0.4, -0.2) is 16.0 Å². The van der Waals surface area contributed by atoms with Crippen molar-refractivity contribution in [2.75, 3.05) is 0 Å². The molecule has 116 valence electrons. The lowest BCUT2D eigenvalue weighted by atomic mass is 10.2. The fourth-order valence-electron chi connectivity index (χ4n) is 2.44. The molecule has 0 atom stereocenters. The number of hydrogen-bond acceptors (Lipinski definition) is 3. The van der Waals surface area contributed by atoms with Gasteiger partial charge >= 0.3 is 0 Å². The number of thioether (sulfide) groups is 1. The molecule has 0 saturated carbocycles. The largest absolute Gasteiger partial charge is 0.411 e. The molecule has 0 spiro atoms. The van der Waals surface area contributed by atoms with E-state index >= 15 is 0 Å². The molecular formula is C19H18N2OS. The van der Waals surface area contributed by atoms with Crippen molar-refractivity contribution in [2.45, 2.75) is 17.2 Å². The molecule has 23 heavy (non-hydrogen) atoms. The second-order valence-corrected chi connectivity index (χ2v) is 6.20. The Morgan fingerprint density at radius 1 is 0.957 bits per heavy atom. The average molecular weight is 322 g/mol. The average Bonchev–Trinajstić information content (AvgIpc) is 3.02. The van der Waals surface area contributed by atoms with Gasteiger partial charge in [0.15, 0.2) is 0 Å². The van der Waals surface area contributed by atoms with Crippen molar-refractivity contribution in [1.29, 1.82) is 0 Å². The van der Waals surface area contributed by atoms with Gasteiger partial charge in [-0.05, 0) is 29.3 Å². The molecule has 0 aliphatic rings. The minimum absolute atomic E-state index is 0.756. The van der Waals surface area contributed by atoms with Gasteiger partial charge in [-0.2, -0.15) is 0 Å². The van der Waals surface area contributed by atoms with Crippen molar-refractivity contribution >= 4 is 18.0 Å². The third-order valence-electron chi connectivity index (χ3n) is 3.61. The highest BCUT2D eigenvalue weighted by Gasteiger charge is 2.06. The molecule has 1 N–H and O–H groups in total. The molecule has 0 aliphatic carbocycles. The smallest absolute Gasteiger partial charge is 0.0898 e. The number of nitrogens with zero attached hydrogens (tertiary/aromatic N) is 2. The summed E-state index contributed by atoms with van der Waals surface area (Å²) in [5.41, 5.74) is 3.47. The summed E-state index contributed by atoms with van der Waals surface area (Å²) in [5.74, 6) is 0.953. The monoisotopic (exact) mass is 322 g/mol. The molecule has 4 heteroatoms. The maximum Gasteiger partial charge on any atom is 0.0898 e. The van der Waals surface area contributed by atoms with Crippen LogP contribution in [-0.2, 0) is 12.3 Å². The molecule has 1 aromatic heterocycles. The van der Waals surface area contributed by atoms with Gasteiger partial charge in [0.1, 0.15) is 0 Å². The minimum Gasteiger partial charge on any atom is -0.411 e. The van der Waals surface area contributed by atoms with Crippen LogP contribution >= 0.6 is 11.8 Å². The van der Waals surface area contributed by atoms with E-state index in [0.29, 0.717) is 0 Å². The topological polar surface area (TPSA) is 37.5 Å². The summed E-state index contributed by atoms with van der Waals surface area (Å²) in [6, 6.07) is 22.8. The lowest BCUT2D eigenvalue weighted by molar-refractivity contribution is 0.321. The summed E-state index contributed by atoms with van der Waals surface area (Å²) in [6.45, 7) is 0.756. The van der Waals surface area contributed by atoms with Gasteiger partial charge in [0.05, 0.1) is 11.9 Å². The molecule has 0 fully saturated rings. The van der Waals surface area contributed by atoms with Crippen LogP contribution < -0.4 is 0 Å². The molecule has 1 heterocycles. The van der Waals surface area contributed by atoms with Gasteiger partial charge in [0.2, 0.25) is 0 Å². The predicted octanol–water partition coefficient (Wildman–Crippen LogP) is 4.64. The zero-order valence-corrected chi connectivity index (χ0v) is 13.5. The van der Waals surface area contributed by atoms with Crippen LogP contribution in [0.15, 0.2) is 83.0 Å². The summed E-state index contributed by atoms with van der Waals surface area (Å²) in [7, 11) is 0. The Bertz CT molecular complexity index is 781. The number of aromatic nitrogens is 1. The quantitative estimate of drug-likeness (QED) is 0.311. The van der Waals surface area contributed by atoms with Gasteiger partial charge in [0.25, 0.3) is 0 Å². The molecule has 0 saturated heterocycles. The third kappa shape index (κ3) is 4.05. The van der Waals surface area contributed by atoms with Crippen LogP contribution in [0.4, 0.5) is 0 Å². The summed E-state index contributed by atoms with van der Waals surface area (Å²) >= 11 is 1.84. The molecule has 2 aromatic carbocycles. The molecule has 3 nitrogen and oxygen atoms in total. The van der Waals surface area contributed by atoms with Crippen LogP contribution in [0.25, 0.3) is 0 Å². The third-order valence-corrected chi connectivity index (χ3v) is 4.79. The highest BCUT2D eigenvalue weighted by molar-refractivity contribution is 7.98. The zero-order valence-electron chi connectivity index (χ0n) is 12.7. The fraction of sp³-hybridized carbons (Fsp3) is 0.105. The van der Waals surface area contributed by atoms with E-state index in [4.69, 9.17) is 5.21 Å². The summed E-state index contributed by atoms with van der Waals surface area (Å²) < 4.78 is 2.07. The van der Waals surface area contributed by atoms with Crippen LogP contribution in [0.1, 0.15) is 16.8 Å². The Morgan fingerprint density at radius 2 is 1.74 bits per heavy atom. The van der Waals surface area contributed by atoms with Crippen LogP contribution in [0.2, 0.25) is 0 Å². The Kier molecular flexibility index (Phi) is 5.17. The van der Waals surface area contributed by atoms with E-state index in [1.165, 1.54) is 22.2 Å². The standard InChI is InChI=1S/C19H18N2OS/c22-20-13-18-10-6-12-21(18)14-17-9-4-5-11-19(17)23-15-16-7-2-1-3-8-16/h1-13,22H,14-15H2/b20-13+. The lowest BCUT2D eigenvalue weighted by Gasteiger charge is -2.11. The second-order valence-electron chi connectivity index (χ2n) is 5.19. The summed E-state index contributed by atoms with van der Waals surface area (Å²) in [6.07, 6.45) is 3.45. The van der Waals surface area contributed by atoms with Gasteiger partial charge in [-0.25, -0.2) is 0 Å². The number of oxime groups is 1. The molecule has 3 aromatic rings. The highest BCUT2D eigenvalue weighted by atomic mass is 32.2. The summed E-state index contributed by atoms with van der Waals surface area (Å²) in [4.78, 5) is 1.27. The molecule has 0 unspecified atom stereocenters. The van der Waals surface area contributed by atoms with E-state index < -0.39 is 0 Å². The Labute approximate surface area is 140 Å². The molecule has 0 aliphatic heterocycles. The second kappa shape index (κ2) is 7.70. The van der Waals surface area contributed by atoms with Gasteiger partial charge in [-0.1, -0.05) is 53.7 Å². The highest BCUT2D eigenvalue weighted by Crippen LogP contribution is 2.27. The normalized spacial score (nSPS) is 11.1. The van der Waals surface area contributed by atoms with E-state index in [1.807, 2.05) is 36.2 Å². The zero-order chi connectivity index (χ0) is 15.9. The number of benzene rings is 2. The van der Waals surface area contributed by atoms with Crippen molar-refractivity contribution in [3.05, 3.63) is 89.7 Å². The van der Waals surface area contributed by atoms with E-state index in [0.717, 1.165) is 18.0 Å². The molecule has 0 amide bonds. The first kappa shape index (κ1) is 15.4. The minimum atomic E-state index is 0.756. The van der Waals surface area contributed by atoms with E-state index in [2.05, 4.69) is 58.3 Å². The van der Waals surface area contributed by atoms with Crippen LogP contribution in [0.5, 0.6) is 0 Å². The predicted molar refractivity (Wildman–Crippen MR) is 95.4 cm³/mol. The first-order chi connectivity index (χ1) is 11.4. The van der Waals surface area contributed by atoms with Crippen LogP contribution in [0.3, 0.4) is 0 Å². The first-order valence-corrected chi connectivity index (χ1v) is 8.42. The van der Waals surface area contributed by atoms with Crippen molar-refractivity contribution < 1.29 is 5.21 Å². The van der Waals surface area contributed by atoms with E-state index in [-0.39, 0.29) is 0 Å². The molecular weight excluding hydrogens is 304 g/mol. The molecule has 3 rings (SSSR count). The Hall–Kier alpha value is -2.46. The van der Waals surface area contributed by atoms with Gasteiger partial charge in [-0.15, -0.1) is 11.8 Å². The van der Waals surface area contributed by atoms with Gasteiger partial charge in [-0.3, -0.25) is 0 Å². The SMILES string of the molecule is O/N=C/c1cccn1Cc1ccccc1SCc1ccccc1. The van der Waals surface area contributed by atoms with Crippen molar-refractivity contribution in [3.8, 4) is 0 Å². The van der Waals surface area contributed by atoms with Crippen molar-refractivity contribution in [3.63, 3.8) is 0 Å². The van der Waals surface area contributed by atoms with E-state index in [9.17, 15) is 0 Å². The van der Waals surface area contributed by atoms with Crippen molar-refractivity contribution in [1.82, 2.24) is 4.57 Å². The number of rotatable bonds is 6. The molecule has 0 bridgehead atoms. The Balaban J connectivity index is 1.76. The van der Waals surface area contributed by atoms with Gasteiger partial charge < -0.3 is 9.77 Å². The van der Waals surface area contributed by atoms with Crippen molar-refractivity contribution in [2.24, 2.45) is 5.16 Å². The maximum atomic E-state index is 8.75. The van der Waals surface area contributed by atoms with Gasteiger partial charge in [0, 0.05) is 23.4 Å². The Morgan fingerprint density at radius 3 is 2.57 bits per heavy atom. The summed E-state index contributed by atoms with van der Waals surface area (Å²) in [5, 5.41) is 11.9. The maximum absolute atomic E-state index is 8.75. The number of hydrogen-bond donors (Lipinski definition) is 1. The van der Waals surface area contributed by atoms with Crippen LogP contribution in [0, 0.1) is 0 Å². The first-order valence-electron chi connectivity index (χ1n) is 7.44. The van der Waals surface area contributed by atoms with E-state index in [1.54, 1.807) is 0 Å². The lowest BCUT2D eigenvalue weighted by Crippen LogP contribution is -2.03.